The summed E-state index contributed by atoms with van der Waals surface area (Å²) in [6.07, 6.45) is 2.69. The average Bonchev–Trinajstić information content (AvgIpc) is 3.09. The highest BCUT2D eigenvalue weighted by Gasteiger charge is 2.25. The molecule has 2 rings (SSSR count). The summed E-state index contributed by atoms with van der Waals surface area (Å²) in [5.74, 6) is 0.960. The Morgan fingerprint density at radius 1 is 1.25 bits per heavy atom. The van der Waals surface area contributed by atoms with Crippen LogP contribution in [0.1, 0.15) is 26.7 Å². The van der Waals surface area contributed by atoms with Gasteiger partial charge in [0.1, 0.15) is 5.75 Å². The first kappa shape index (κ1) is 11.5. The van der Waals surface area contributed by atoms with Gasteiger partial charge in [-0.05, 0) is 25.0 Å². The van der Waals surface area contributed by atoms with Crippen LogP contribution in [0.4, 0.5) is 0 Å². The van der Waals surface area contributed by atoms with Crippen molar-refractivity contribution >= 4 is 0 Å². The molecule has 0 bridgehead atoms. The van der Waals surface area contributed by atoms with Gasteiger partial charge in [-0.1, -0.05) is 32.0 Å². The Hall–Kier alpha value is -1.02. The van der Waals surface area contributed by atoms with E-state index in [1.807, 2.05) is 30.3 Å². The lowest BCUT2D eigenvalue weighted by Crippen LogP contribution is -2.35. The maximum absolute atomic E-state index is 5.78. The van der Waals surface area contributed by atoms with Crippen LogP contribution < -0.4 is 10.1 Å². The molecule has 0 spiro atoms. The van der Waals surface area contributed by atoms with Crippen molar-refractivity contribution in [2.45, 2.75) is 32.7 Å². The van der Waals surface area contributed by atoms with Crippen LogP contribution in [0, 0.1) is 5.41 Å². The van der Waals surface area contributed by atoms with E-state index in [1.165, 1.54) is 12.8 Å². The van der Waals surface area contributed by atoms with Crippen LogP contribution in [0.3, 0.4) is 0 Å². The second-order valence-electron chi connectivity index (χ2n) is 5.42. The SMILES string of the molecule is CC(C)(CNC1CC1)COc1ccccc1. The molecule has 1 aromatic carbocycles. The van der Waals surface area contributed by atoms with Gasteiger partial charge in [0, 0.05) is 18.0 Å². The summed E-state index contributed by atoms with van der Waals surface area (Å²) < 4.78 is 5.78. The molecule has 1 saturated carbocycles. The normalized spacial score (nSPS) is 16.1. The van der Waals surface area contributed by atoms with Crippen LogP contribution >= 0.6 is 0 Å². The van der Waals surface area contributed by atoms with Crippen molar-refractivity contribution in [3.63, 3.8) is 0 Å². The van der Waals surface area contributed by atoms with Gasteiger partial charge >= 0.3 is 0 Å². The Bertz CT molecular complexity index is 317. The highest BCUT2D eigenvalue weighted by Crippen LogP contribution is 2.22. The zero-order valence-corrected chi connectivity index (χ0v) is 10.2. The maximum Gasteiger partial charge on any atom is 0.119 e. The van der Waals surface area contributed by atoms with E-state index in [4.69, 9.17) is 4.74 Å². The van der Waals surface area contributed by atoms with Crippen molar-refractivity contribution in [3.8, 4) is 5.75 Å². The van der Waals surface area contributed by atoms with Gasteiger partial charge in [0.2, 0.25) is 0 Å². The smallest absolute Gasteiger partial charge is 0.119 e. The third-order valence-electron chi connectivity index (χ3n) is 2.82. The second-order valence-corrected chi connectivity index (χ2v) is 5.42. The molecule has 2 nitrogen and oxygen atoms in total. The number of para-hydroxylation sites is 1. The zero-order chi connectivity index (χ0) is 11.4. The first-order chi connectivity index (χ1) is 7.66. The Morgan fingerprint density at radius 3 is 2.56 bits per heavy atom. The number of rotatable bonds is 6. The molecule has 1 N–H and O–H groups in total. The van der Waals surface area contributed by atoms with Crippen molar-refractivity contribution in [3.05, 3.63) is 30.3 Å². The summed E-state index contributed by atoms with van der Waals surface area (Å²) in [5, 5.41) is 3.55. The largest absolute Gasteiger partial charge is 0.493 e. The molecular formula is C14H21NO. The molecular weight excluding hydrogens is 198 g/mol. The summed E-state index contributed by atoms with van der Waals surface area (Å²) in [6, 6.07) is 10.8. The van der Waals surface area contributed by atoms with E-state index in [0.717, 1.165) is 24.9 Å². The summed E-state index contributed by atoms with van der Waals surface area (Å²) in [7, 11) is 0. The standard InChI is InChI=1S/C14H21NO/c1-14(2,10-15-12-8-9-12)11-16-13-6-4-3-5-7-13/h3-7,12,15H,8-11H2,1-2H3. The van der Waals surface area contributed by atoms with Gasteiger partial charge in [-0.25, -0.2) is 0 Å². The highest BCUT2D eigenvalue weighted by atomic mass is 16.5. The minimum atomic E-state index is 0.193. The summed E-state index contributed by atoms with van der Waals surface area (Å²) in [5.41, 5.74) is 0.193. The van der Waals surface area contributed by atoms with Crippen molar-refractivity contribution < 1.29 is 4.74 Å². The highest BCUT2D eigenvalue weighted by molar-refractivity contribution is 5.20. The summed E-state index contributed by atoms with van der Waals surface area (Å²) in [6.45, 7) is 6.28. The molecule has 88 valence electrons. The number of hydrogen-bond acceptors (Lipinski definition) is 2. The molecule has 1 aromatic rings. The van der Waals surface area contributed by atoms with Crippen LogP contribution in [0.25, 0.3) is 0 Å². The topological polar surface area (TPSA) is 21.3 Å². The number of nitrogens with one attached hydrogen (secondary N) is 1. The summed E-state index contributed by atoms with van der Waals surface area (Å²) in [4.78, 5) is 0. The third kappa shape index (κ3) is 3.86. The monoisotopic (exact) mass is 219 g/mol. The molecule has 1 aliphatic rings. The molecule has 0 aliphatic heterocycles. The number of ether oxygens (including phenoxy) is 1. The van der Waals surface area contributed by atoms with Crippen LogP contribution in [-0.4, -0.2) is 19.2 Å². The van der Waals surface area contributed by atoms with Gasteiger partial charge in [-0.15, -0.1) is 0 Å². The first-order valence-electron chi connectivity index (χ1n) is 6.07. The van der Waals surface area contributed by atoms with Gasteiger partial charge in [0.25, 0.3) is 0 Å². The molecule has 0 saturated heterocycles. The van der Waals surface area contributed by atoms with Crippen molar-refractivity contribution in [1.82, 2.24) is 5.32 Å². The lowest BCUT2D eigenvalue weighted by molar-refractivity contribution is 0.176. The molecule has 0 aromatic heterocycles. The Morgan fingerprint density at radius 2 is 1.94 bits per heavy atom. The van der Waals surface area contributed by atoms with E-state index >= 15 is 0 Å². The minimum absolute atomic E-state index is 0.193. The molecule has 0 unspecified atom stereocenters. The quantitative estimate of drug-likeness (QED) is 0.794. The fourth-order valence-electron chi connectivity index (χ4n) is 1.55. The van der Waals surface area contributed by atoms with Gasteiger partial charge in [0.15, 0.2) is 0 Å². The second kappa shape index (κ2) is 4.88. The van der Waals surface area contributed by atoms with E-state index < -0.39 is 0 Å². The summed E-state index contributed by atoms with van der Waals surface area (Å²) >= 11 is 0. The lowest BCUT2D eigenvalue weighted by Gasteiger charge is -2.25. The Labute approximate surface area is 98.0 Å². The Kier molecular flexibility index (Phi) is 3.49. The zero-order valence-electron chi connectivity index (χ0n) is 10.2. The predicted octanol–water partition coefficient (Wildman–Crippen LogP) is 2.84. The van der Waals surface area contributed by atoms with E-state index in [2.05, 4.69) is 19.2 Å². The predicted molar refractivity (Wildman–Crippen MR) is 66.7 cm³/mol. The molecule has 1 aliphatic carbocycles. The molecule has 0 radical (unpaired) electrons. The van der Waals surface area contributed by atoms with Gasteiger partial charge in [-0.2, -0.15) is 0 Å². The minimum Gasteiger partial charge on any atom is -0.493 e. The van der Waals surface area contributed by atoms with Gasteiger partial charge in [0.05, 0.1) is 6.61 Å². The molecule has 16 heavy (non-hydrogen) atoms. The fourth-order valence-corrected chi connectivity index (χ4v) is 1.55. The van der Waals surface area contributed by atoms with Gasteiger partial charge < -0.3 is 10.1 Å². The van der Waals surface area contributed by atoms with Crippen LogP contribution in [0.5, 0.6) is 5.75 Å². The van der Waals surface area contributed by atoms with Crippen molar-refractivity contribution in [1.29, 1.82) is 0 Å². The van der Waals surface area contributed by atoms with Crippen LogP contribution in [0.2, 0.25) is 0 Å². The van der Waals surface area contributed by atoms with Gasteiger partial charge in [-0.3, -0.25) is 0 Å². The van der Waals surface area contributed by atoms with E-state index in [-0.39, 0.29) is 5.41 Å². The molecule has 0 atom stereocenters. The van der Waals surface area contributed by atoms with E-state index in [1.54, 1.807) is 0 Å². The lowest BCUT2D eigenvalue weighted by atomic mass is 9.95. The van der Waals surface area contributed by atoms with Crippen LogP contribution in [0.15, 0.2) is 30.3 Å². The van der Waals surface area contributed by atoms with E-state index in [0.29, 0.717) is 0 Å². The molecule has 0 amide bonds. The van der Waals surface area contributed by atoms with Crippen molar-refractivity contribution in [2.24, 2.45) is 5.41 Å². The molecule has 0 heterocycles. The molecule has 1 fully saturated rings. The van der Waals surface area contributed by atoms with Crippen molar-refractivity contribution in [2.75, 3.05) is 13.2 Å². The first-order valence-corrected chi connectivity index (χ1v) is 6.07. The third-order valence-corrected chi connectivity index (χ3v) is 2.82. The van der Waals surface area contributed by atoms with E-state index in [9.17, 15) is 0 Å². The fraction of sp³-hybridized carbons (Fsp3) is 0.571. The maximum atomic E-state index is 5.78. The Balaban J connectivity index is 1.74. The number of hydrogen-bond donors (Lipinski definition) is 1. The molecule has 2 heteroatoms. The van der Waals surface area contributed by atoms with Crippen LogP contribution in [-0.2, 0) is 0 Å². The number of benzene rings is 1. The average molecular weight is 219 g/mol.